The Morgan fingerprint density at radius 1 is 1.16 bits per heavy atom. The molecule has 0 radical (unpaired) electrons. The Kier molecular flexibility index (Phi) is 4.27. The van der Waals surface area contributed by atoms with Gasteiger partial charge in [0.25, 0.3) is 0 Å². The molecule has 0 bridgehead atoms. The summed E-state index contributed by atoms with van der Waals surface area (Å²) in [6, 6.07) is 11.3. The lowest BCUT2D eigenvalue weighted by molar-refractivity contribution is 0.467. The van der Waals surface area contributed by atoms with Crippen LogP contribution in [0.3, 0.4) is 0 Å². The number of anilines is 1. The Morgan fingerprint density at radius 3 is 2.42 bits per heavy atom. The Morgan fingerprint density at radius 2 is 1.84 bits per heavy atom. The summed E-state index contributed by atoms with van der Waals surface area (Å²) in [4.78, 5) is 2.01. The number of rotatable bonds is 4. The van der Waals surface area contributed by atoms with E-state index >= 15 is 0 Å². The molecule has 4 heteroatoms. The van der Waals surface area contributed by atoms with Gasteiger partial charge in [-0.1, -0.05) is 17.7 Å². The normalized spacial score (nSPS) is 10.5. The van der Waals surface area contributed by atoms with Gasteiger partial charge in [0.1, 0.15) is 11.6 Å². The number of phenolic OH excluding ortho intramolecular Hbond substituents is 1. The highest BCUT2D eigenvalue weighted by atomic mass is 35.5. The van der Waals surface area contributed by atoms with Gasteiger partial charge in [-0.2, -0.15) is 0 Å². The van der Waals surface area contributed by atoms with Gasteiger partial charge in [0.05, 0.1) is 0 Å². The van der Waals surface area contributed by atoms with Gasteiger partial charge in [-0.15, -0.1) is 0 Å². The van der Waals surface area contributed by atoms with Crippen LogP contribution in [0.4, 0.5) is 10.1 Å². The van der Waals surface area contributed by atoms with Crippen molar-refractivity contribution in [2.45, 2.75) is 13.5 Å². The fourth-order valence-electron chi connectivity index (χ4n) is 1.93. The summed E-state index contributed by atoms with van der Waals surface area (Å²) >= 11 is 6.10. The summed E-state index contributed by atoms with van der Waals surface area (Å²) in [5.41, 5.74) is 1.57. The molecule has 0 fully saturated rings. The monoisotopic (exact) mass is 279 g/mol. The van der Waals surface area contributed by atoms with Gasteiger partial charge in [0, 0.05) is 29.4 Å². The summed E-state index contributed by atoms with van der Waals surface area (Å²) in [7, 11) is 0. The summed E-state index contributed by atoms with van der Waals surface area (Å²) < 4.78 is 12.9. The molecule has 0 heterocycles. The fraction of sp³-hybridized carbons (Fsp3) is 0.200. The SMILES string of the molecule is CCN(Cc1c(O)cccc1Cl)c1ccc(F)cc1. The smallest absolute Gasteiger partial charge is 0.123 e. The summed E-state index contributed by atoms with van der Waals surface area (Å²) in [6.07, 6.45) is 0. The van der Waals surface area contributed by atoms with Crippen LogP contribution in [0, 0.1) is 5.82 Å². The van der Waals surface area contributed by atoms with Crippen LogP contribution in [0.1, 0.15) is 12.5 Å². The van der Waals surface area contributed by atoms with E-state index in [4.69, 9.17) is 11.6 Å². The Hall–Kier alpha value is -1.74. The Bertz CT molecular complexity index is 536. The third-order valence-corrected chi connectivity index (χ3v) is 3.37. The van der Waals surface area contributed by atoms with Crippen LogP contribution in [-0.4, -0.2) is 11.7 Å². The van der Waals surface area contributed by atoms with Crippen LogP contribution in [0.25, 0.3) is 0 Å². The lowest BCUT2D eigenvalue weighted by atomic mass is 10.1. The highest BCUT2D eigenvalue weighted by Gasteiger charge is 2.11. The molecule has 2 aromatic rings. The first-order valence-electron chi connectivity index (χ1n) is 6.08. The molecule has 2 nitrogen and oxygen atoms in total. The third kappa shape index (κ3) is 3.18. The van der Waals surface area contributed by atoms with E-state index in [0.717, 1.165) is 12.2 Å². The molecule has 0 amide bonds. The first-order valence-corrected chi connectivity index (χ1v) is 6.46. The zero-order valence-corrected chi connectivity index (χ0v) is 11.4. The third-order valence-electron chi connectivity index (χ3n) is 3.02. The average Bonchev–Trinajstić information content (AvgIpc) is 2.40. The molecule has 100 valence electrons. The minimum atomic E-state index is -0.264. The number of hydrogen-bond acceptors (Lipinski definition) is 2. The number of nitrogens with zero attached hydrogens (tertiary/aromatic N) is 1. The van der Waals surface area contributed by atoms with Crippen molar-refractivity contribution < 1.29 is 9.50 Å². The first kappa shape index (κ1) is 13.7. The second-order valence-electron chi connectivity index (χ2n) is 4.23. The van der Waals surface area contributed by atoms with Crippen molar-refractivity contribution in [3.63, 3.8) is 0 Å². The number of halogens is 2. The predicted molar refractivity (Wildman–Crippen MR) is 76.2 cm³/mol. The summed E-state index contributed by atoms with van der Waals surface area (Å²) in [5, 5.41) is 10.4. The molecule has 0 saturated heterocycles. The second kappa shape index (κ2) is 5.93. The van der Waals surface area contributed by atoms with Crippen molar-refractivity contribution in [1.82, 2.24) is 0 Å². The molecule has 0 aliphatic rings. The molecule has 2 rings (SSSR count). The zero-order valence-electron chi connectivity index (χ0n) is 10.6. The number of benzene rings is 2. The minimum absolute atomic E-state index is 0.174. The van der Waals surface area contributed by atoms with E-state index in [-0.39, 0.29) is 11.6 Å². The molecule has 19 heavy (non-hydrogen) atoms. The van der Waals surface area contributed by atoms with E-state index in [2.05, 4.69) is 0 Å². The number of hydrogen-bond donors (Lipinski definition) is 1. The van der Waals surface area contributed by atoms with E-state index in [1.807, 2.05) is 11.8 Å². The van der Waals surface area contributed by atoms with Gasteiger partial charge in [-0.05, 0) is 43.3 Å². The number of phenols is 1. The van der Waals surface area contributed by atoms with Crippen LogP contribution in [0.5, 0.6) is 5.75 Å². The van der Waals surface area contributed by atoms with Gasteiger partial charge in [0.15, 0.2) is 0 Å². The van der Waals surface area contributed by atoms with Crippen LogP contribution in [-0.2, 0) is 6.54 Å². The van der Waals surface area contributed by atoms with Crippen LogP contribution < -0.4 is 4.90 Å². The van der Waals surface area contributed by atoms with Crippen molar-refractivity contribution in [3.8, 4) is 5.75 Å². The van der Waals surface area contributed by atoms with Crippen molar-refractivity contribution in [1.29, 1.82) is 0 Å². The standard InChI is InChI=1S/C15H15ClFNO/c1-2-18(12-8-6-11(17)7-9-12)10-13-14(16)4-3-5-15(13)19/h3-9,19H,2,10H2,1H3. The van der Waals surface area contributed by atoms with Gasteiger partial charge >= 0.3 is 0 Å². The molecule has 1 N–H and O–H groups in total. The number of aromatic hydroxyl groups is 1. The Balaban J connectivity index is 2.26. The predicted octanol–water partition coefficient (Wildman–Crippen LogP) is 4.21. The van der Waals surface area contributed by atoms with E-state index in [9.17, 15) is 9.50 Å². The second-order valence-corrected chi connectivity index (χ2v) is 4.64. The van der Waals surface area contributed by atoms with Gasteiger partial charge in [-0.3, -0.25) is 0 Å². The maximum Gasteiger partial charge on any atom is 0.123 e. The first-order chi connectivity index (χ1) is 9.11. The van der Waals surface area contributed by atoms with Crippen molar-refractivity contribution in [2.75, 3.05) is 11.4 Å². The average molecular weight is 280 g/mol. The van der Waals surface area contributed by atoms with Crippen molar-refractivity contribution in [2.24, 2.45) is 0 Å². The molecule has 0 aromatic heterocycles. The van der Waals surface area contributed by atoms with E-state index in [1.54, 1.807) is 30.3 Å². The molecule has 2 aromatic carbocycles. The van der Waals surface area contributed by atoms with Gasteiger partial charge in [0.2, 0.25) is 0 Å². The highest BCUT2D eigenvalue weighted by molar-refractivity contribution is 6.31. The maximum absolute atomic E-state index is 12.9. The minimum Gasteiger partial charge on any atom is -0.508 e. The lowest BCUT2D eigenvalue weighted by Gasteiger charge is -2.24. The molecular formula is C15H15ClFNO. The highest BCUT2D eigenvalue weighted by Crippen LogP contribution is 2.28. The fourth-order valence-corrected chi connectivity index (χ4v) is 2.16. The van der Waals surface area contributed by atoms with E-state index in [0.29, 0.717) is 17.1 Å². The molecule has 0 saturated carbocycles. The molecule has 0 atom stereocenters. The summed E-state index contributed by atoms with van der Waals surface area (Å²) in [6.45, 7) is 3.21. The molecule has 0 aliphatic heterocycles. The molecule has 0 unspecified atom stereocenters. The largest absolute Gasteiger partial charge is 0.508 e. The molecule has 0 spiro atoms. The summed E-state index contributed by atoms with van der Waals surface area (Å²) in [5.74, 6) is -0.0894. The zero-order chi connectivity index (χ0) is 13.8. The van der Waals surface area contributed by atoms with Crippen LogP contribution in [0.2, 0.25) is 5.02 Å². The van der Waals surface area contributed by atoms with Gasteiger partial charge in [-0.25, -0.2) is 4.39 Å². The van der Waals surface area contributed by atoms with Gasteiger partial charge < -0.3 is 10.0 Å². The topological polar surface area (TPSA) is 23.5 Å². The van der Waals surface area contributed by atoms with Crippen molar-refractivity contribution >= 4 is 17.3 Å². The maximum atomic E-state index is 12.9. The lowest BCUT2D eigenvalue weighted by Crippen LogP contribution is -2.22. The van der Waals surface area contributed by atoms with Crippen molar-refractivity contribution in [3.05, 3.63) is 58.9 Å². The van der Waals surface area contributed by atoms with E-state index in [1.165, 1.54) is 12.1 Å². The molecule has 0 aliphatic carbocycles. The molecular weight excluding hydrogens is 265 g/mol. The van der Waals surface area contributed by atoms with E-state index < -0.39 is 0 Å². The van der Waals surface area contributed by atoms with Crippen LogP contribution >= 0.6 is 11.6 Å². The van der Waals surface area contributed by atoms with Crippen LogP contribution in [0.15, 0.2) is 42.5 Å². The quantitative estimate of drug-likeness (QED) is 0.906. The Labute approximate surface area is 117 Å².